The number of nitrogens with two attached hydrogens (primary N) is 1. The van der Waals surface area contributed by atoms with Gasteiger partial charge in [0.05, 0.1) is 16.5 Å². The van der Waals surface area contributed by atoms with Crippen LogP contribution >= 0.6 is 0 Å². The van der Waals surface area contributed by atoms with Crippen molar-refractivity contribution in [3.63, 3.8) is 0 Å². The number of hydrogen-bond donors (Lipinski definition) is 2. The van der Waals surface area contributed by atoms with Crippen molar-refractivity contribution in [2.75, 3.05) is 19.1 Å². The number of anilines is 1. The quantitative estimate of drug-likeness (QED) is 0.331. The van der Waals surface area contributed by atoms with Gasteiger partial charge in [0.15, 0.2) is 18.1 Å². The van der Waals surface area contributed by atoms with E-state index in [1.165, 1.54) is 12.1 Å². The molecule has 0 fully saturated rings. The predicted octanol–water partition coefficient (Wildman–Crippen LogP) is 1.94. The van der Waals surface area contributed by atoms with Gasteiger partial charge in [0.25, 0.3) is 11.6 Å². The third-order valence-electron chi connectivity index (χ3n) is 4.08. The van der Waals surface area contributed by atoms with E-state index in [1.54, 1.807) is 25.1 Å². The molecule has 0 spiro atoms. The number of nitro groups is 1. The van der Waals surface area contributed by atoms with Crippen LogP contribution < -0.4 is 20.5 Å². The highest BCUT2D eigenvalue weighted by Gasteiger charge is 2.20. The zero-order valence-electron chi connectivity index (χ0n) is 14.8. The zero-order chi connectivity index (χ0) is 20.3. The fourth-order valence-corrected chi connectivity index (χ4v) is 2.59. The molecule has 10 heteroatoms. The predicted molar refractivity (Wildman–Crippen MR) is 96.9 cm³/mol. The van der Waals surface area contributed by atoms with Gasteiger partial charge in [0, 0.05) is 17.8 Å². The summed E-state index contributed by atoms with van der Waals surface area (Å²) in [5.41, 5.74) is 5.98. The number of rotatable bonds is 6. The molecule has 146 valence electrons. The number of ether oxygens (including phenoxy) is 3. The summed E-state index contributed by atoms with van der Waals surface area (Å²) in [5, 5.41) is 13.5. The van der Waals surface area contributed by atoms with E-state index in [-0.39, 0.29) is 29.8 Å². The number of hydrogen-bond acceptors (Lipinski definition) is 8. The lowest BCUT2D eigenvalue weighted by atomic mass is 10.1. The molecular formula is C18H17N3O7. The van der Waals surface area contributed by atoms with E-state index >= 15 is 0 Å². The van der Waals surface area contributed by atoms with Gasteiger partial charge in [-0.25, -0.2) is 4.79 Å². The summed E-state index contributed by atoms with van der Waals surface area (Å²) in [4.78, 5) is 34.3. The van der Waals surface area contributed by atoms with Gasteiger partial charge >= 0.3 is 5.97 Å². The number of nitrogens with one attached hydrogen (secondary N) is 1. The van der Waals surface area contributed by atoms with Crippen molar-refractivity contribution in [3.8, 4) is 11.5 Å². The molecule has 0 unspecified atom stereocenters. The van der Waals surface area contributed by atoms with Gasteiger partial charge in [-0.15, -0.1) is 0 Å². The zero-order valence-corrected chi connectivity index (χ0v) is 14.8. The summed E-state index contributed by atoms with van der Waals surface area (Å²) in [6, 6.07) is 8.32. The van der Waals surface area contributed by atoms with E-state index < -0.39 is 23.4 Å². The van der Waals surface area contributed by atoms with Crippen LogP contribution in [0.5, 0.6) is 11.5 Å². The minimum Gasteiger partial charge on any atom is -0.454 e. The first-order valence-corrected chi connectivity index (χ1v) is 8.25. The number of fused-ring (bicyclic) bond motifs is 1. The van der Waals surface area contributed by atoms with Crippen LogP contribution in [-0.2, 0) is 9.53 Å². The average Bonchev–Trinajstić information content (AvgIpc) is 3.14. The van der Waals surface area contributed by atoms with Gasteiger partial charge in [0.1, 0.15) is 0 Å². The van der Waals surface area contributed by atoms with Crippen molar-refractivity contribution in [2.45, 2.75) is 13.0 Å². The van der Waals surface area contributed by atoms with Crippen molar-refractivity contribution < 1.29 is 28.7 Å². The molecule has 0 saturated heterocycles. The maximum Gasteiger partial charge on any atom is 0.341 e. The molecule has 0 aromatic heterocycles. The highest BCUT2D eigenvalue weighted by molar-refractivity contribution is 5.97. The molecule has 0 bridgehead atoms. The Morgan fingerprint density at radius 2 is 2.00 bits per heavy atom. The molecule has 3 N–H and O–H groups in total. The van der Waals surface area contributed by atoms with Gasteiger partial charge in [0.2, 0.25) is 6.79 Å². The molecule has 1 atom stereocenters. The van der Waals surface area contributed by atoms with E-state index in [0.717, 1.165) is 11.6 Å². The highest BCUT2D eigenvalue weighted by atomic mass is 16.7. The summed E-state index contributed by atoms with van der Waals surface area (Å²) < 4.78 is 15.4. The van der Waals surface area contributed by atoms with E-state index in [2.05, 4.69) is 5.32 Å². The second kappa shape index (κ2) is 7.82. The van der Waals surface area contributed by atoms with Gasteiger partial charge in [-0.2, -0.15) is 0 Å². The topological polar surface area (TPSA) is 143 Å². The third-order valence-corrected chi connectivity index (χ3v) is 4.08. The minimum atomic E-state index is -0.924. The van der Waals surface area contributed by atoms with Crippen LogP contribution in [0.15, 0.2) is 36.4 Å². The van der Waals surface area contributed by atoms with Gasteiger partial charge in [-0.1, -0.05) is 6.07 Å². The molecule has 1 aliphatic rings. The Bertz CT molecular complexity index is 945. The van der Waals surface area contributed by atoms with Crippen LogP contribution in [0.1, 0.15) is 28.9 Å². The van der Waals surface area contributed by atoms with Crippen molar-refractivity contribution in [1.29, 1.82) is 0 Å². The van der Waals surface area contributed by atoms with Gasteiger partial charge < -0.3 is 25.3 Å². The second-order valence-electron chi connectivity index (χ2n) is 6.01. The lowest BCUT2D eigenvalue weighted by Gasteiger charge is -2.15. The molecule has 1 aliphatic heterocycles. The Hall–Kier alpha value is -3.82. The van der Waals surface area contributed by atoms with Crippen molar-refractivity contribution >= 4 is 23.3 Å². The maximum atomic E-state index is 12.1. The van der Waals surface area contributed by atoms with Gasteiger partial charge in [-0.3, -0.25) is 14.9 Å². The molecule has 1 heterocycles. The molecular weight excluding hydrogens is 370 g/mol. The first kappa shape index (κ1) is 19.0. The second-order valence-corrected chi connectivity index (χ2v) is 6.01. The summed E-state index contributed by atoms with van der Waals surface area (Å²) in [6.45, 7) is 1.35. The largest absolute Gasteiger partial charge is 0.454 e. The Balaban J connectivity index is 1.57. The van der Waals surface area contributed by atoms with Crippen molar-refractivity contribution in [3.05, 3.63) is 57.6 Å². The summed E-state index contributed by atoms with van der Waals surface area (Å²) >= 11 is 0. The first-order valence-electron chi connectivity index (χ1n) is 8.25. The number of nitrogens with zero attached hydrogens (tertiary/aromatic N) is 1. The fraction of sp³-hybridized carbons (Fsp3) is 0.222. The number of esters is 1. The molecule has 10 nitrogen and oxygen atoms in total. The fourth-order valence-electron chi connectivity index (χ4n) is 2.59. The summed E-state index contributed by atoms with van der Waals surface area (Å²) in [5.74, 6) is -0.244. The van der Waals surface area contributed by atoms with Crippen molar-refractivity contribution in [1.82, 2.24) is 5.32 Å². The molecule has 28 heavy (non-hydrogen) atoms. The Kier molecular flexibility index (Phi) is 5.30. The molecule has 0 aliphatic carbocycles. The highest BCUT2D eigenvalue weighted by Crippen LogP contribution is 2.34. The number of nitro benzene ring substituents is 1. The standard InChI is InChI=1S/C18H17N3O7/c1-10(11-2-5-15-16(6-11)28-9-27-15)20-17(22)8-26-18(23)13-7-12(21(24)25)3-4-14(13)19/h2-7,10H,8-9,19H2,1H3,(H,20,22)/t10-/m1/s1. The van der Waals surface area contributed by atoms with Crippen LogP contribution in [-0.4, -0.2) is 30.2 Å². The van der Waals surface area contributed by atoms with Crippen LogP contribution in [0.4, 0.5) is 11.4 Å². The Morgan fingerprint density at radius 1 is 1.25 bits per heavy atom. The average molecular weight is 387 g/mol. The molecule has 0 saturated carbocycles. The van der Waals surface area contributed by atoms with Gasteiger partial charge in [-0.05, 0) is 30.7 Å². The number of amides is 1. The van der Waals surface area contributed by atoms with Crippen LogP contribution in [0.3, 0.4) is 0 Å². The summed E-state index contributed by atoms with van der Waals surface area (Å²) in [6.07, 6.45) is 0. The normalized spacial score (nSPS) is 12.9. The smallest absolute Gasteiger partial charge is 0.341 e. The molecule has 0 radical (unpaired) electrons. The number of nitrogen functional groups attached to an aromatic ring is 1. The Labute approximate surface area is 159 Å². The van der Waals surface area contributed by atoms with E-state index in [9.17, 15) is 19.7 Å². The first-order chi connectivity index (χ1) is 13.3. The van der Waals surface area contributed by atoms with Crippen LogP contribution in [0, 0.1) is 10.1 Å². The van der Waals surface area contributed by atoms with Crippen LogP contribution in [0.25, 0.3) is 0 Å². The lowest BCUT2D eigenvalue weighted by molar-refractivity contribution is -0.384. The van der Waals surface area contributed by atoms with E-state index in [0.29, 0.717) is 11.5 Å². The number of benzene rings is 2. The lowest BCUT2D eigenvalue weighted by Crippen LogP contribution is -2.31. The Morgan fingerprint density at radius 3 is 2.75 bits per heavy atom. The van der Waals surface area contributed by atoms with E-state index in [1.807, 2.05) is 0 Å². The van der Waals surface area contributed by atoms with E-state index in [4.69, 9.17) is 19.9 Å². The monoisotopic (exact) mass is 387 g/mol. The SMILES string of the molecule is C[C@@H](NC(=O)COC(=O)c1cc([N+](=O)[O-])ccc1N)c1ccc2c(c1)OCO2. The van der Waals surface area contributed by atoms with Crippen molar-refractivity contribution in [2.24, 2.45) is 0 Å². The molecule has 2 aromatic carbocycles. The molecule has 1 amide bonds. The molecule has 3 rings (SSSR count). The maximum absolute atomic E-state index is 12.1. The summed E-state index contributed by atoms with van der Waals surface area (Å²) in [7, 11) is 0. The molecule has 2 aromatic rings. The number of non-ortho nitro benzene ring substituents is 1. The minimum absolute atomic E-state index is 0.0183. The number of carbonyl (C=O) groups excluding carboxylic acids is 2. The number of carbonyl (C=O) groups is 2. The third kappa shape index (κ3) is 4.11. The van der Waals surface area contributed by atoms with Crippen LogP contribution in [0.2, 0.25) is 0 Å².